The number of hydrogen-bond donors (Lipinski definition) is 1. The van der Waals surface area contributed by atoms with Crippen molar-refractivity contribution in [2.45, 2.75) is 92.9 Å². The van der Waals surface area contributed by atoms with Crippen molar-refractivity contribution in [2.24, 2.45) is 45.3 Å². The lowest BCUT2D eigenvalue weighted by molar-refractivity contribution is -0.146. The highest BCUT2D eigenvalue weighted by atomic mass is 16.4. The van der Waals surface area contributed by atoms with E-state index in [0.717, 1.165) is 37.7 Å². The SMILES string of the molecule is C[C@@H]1CC(=O)C(CC(=O)O)=C2C[C@@]3(C)C4=CC[C@H]5C(C)(C)C(=O)CC[C@]5(C)[C@@H]4CC[C@]3(C)[C@H]21. The van der Waals surface area contributed by atoms with E-state index in [-0.39, 0.29) is 45.7 Å². The summed E-state index contributed by atoms with van der Waals surface area (Å²) in [5.41, 5.74) is 3.13. The van der Waals surface area contributed by atoms with Gasteiger partial charge in [-0.05, 0) is 72.0 Å². The number of carbonyl (C=O) groups is 3. The van der Waals surface area contributed by atoms with E-state index in [2.05, 4.69) is 47.6 Å². The Bertz CT molecular complexity index is 1010. The van der Waals surface area contributed by atoms with E-state index >= 15 is 0 Å². The number of rotatable bonds is 2. The zero-order valence-corrected chi connectivity index (χ0v) is 21.2. The van der Waals surface area contributed by atoms with Crippen molar-refractivity contribution >= 4 is 17.5 Å². The van der Waals surface area contributed by atoms with Crippen molar-refractivity contribution < 1.29 is 19.5 Å². The van der Waals surface area contributed by atoms with Crippen LogP contribution in [0.15, 0.2) is 22.8 Å². The van der Waals surface area contributed by atoms with Crippen LogP contribution in [0.3, 0.4) is 0 Å². The number of carbonyl (C=O) groups excluding carboxylic acids is 2. The highest BCUT2D eigenvalue weighted by molar-refractivity contribution is 6.01. The maximum Gasteiger partial charge on any atom is 0.307 e. The lowest BCUT2D eigenvalue weighted by atomic mass is 9.41. The van der Waals surface area contributed by atoms with Gasteiger partial charge in [0.05, 0.1) is 6.42 Å². The van der Waals surface area contributed by atoms with Crippen LogP contribution < -0.4 is 0 Å². The molecule has 180 valence electrons. The van der Waals surface area contributed by atoms with E-state index < -0.39 is 5.97 Å². The Balaban J connectivity index is 1.63. The molecule has 0 aromatic heterocycles. The molecule has 4 heteroatoms. The minimum absolute atomic E-state index is 0.0394. The monoisotopic (exact) mass is 452 g/mol. The highest BCUT2D eigenvalue weighted by Crippen LogP contribution is 2.75. The number of carboxylic acid groups (broad SMARTS) is 1. The summed E-state index contributed by atoms with van der Waals surface area (Å²) in [5.74, 6) is 0.949. The molecule has 0 aromatic carbocycles. The molecule has 5 rings (SSSR count). The number of hydrogen-bond acceptors (Lipinski definition) is 3. The molecule has 5 aliphatic carbocycles. The lowest BCUT2D eigenvalue weighted by Crippen LogP contribution is -2.57. The largest absolute Gasteiger partial charge is 0.481 e. The first kappa shape index (κ1) is 23.1. The minimum Gasteiger partial charge on any atom is -0.481 e. The smallest absolute Gasteiger partial charge is 0.307 e. The first-order valence-electron chi connectivity index (χ1n) is 13.0. The van der Waals surface area contributed by atoms with Gasteiger partial charge in [0.25, 0.3) is 0 Å². The van der Waals surface area contributed by atoms with E-state index in [1.165, 1.54) is 0 Å². The zero-order valence-electron chi connectivity index (χ0n) is 21.2. The topological polar surface area (TPSA) is 71.4 Å². The lowest BCUT2D eigenvalue weighted by Gasteiger charge is -2.63. The van der Waals surface area contributed by atoms with Crippen molar-refractivity contribution in [2.75, 3.05) is 0 Å². The molecular formula is C29H40O4. The summed E-state index contributed by atoms with van der Waals surface area (Å²) in [6, 6.07) is 0. The fourth-order valence-electron chi connectivity index (χ4n) is 9.79. The van der Waals surface area contributed by atoms with Crippen LogP contribution in [0.25, 0.3) is 0 Å². The number of ketones is 2. The molecule has 0 heterocycles. The van der Waals surface area contributed by atoms with Crippen LogP contribution in [0.1, 0.15) is 92.9 Å². The minimum atomic E-state index is -0.899. The highest BCUT2D eigenvalue weighted by Gasteiger charge is 2.67. The Hall–Kier alpha value is -1.71. The molecule has 0 aliphatic heterocycles. The van der Waals surface area contributed by atoms with Crippen molar-refractivity contribution in [1.29, 1.82) is 0 Å². The van der Waals surface area contributed by atoms with Crippen LogP contribution in [0.4, 0.5) is 0 Å². The quantitative estimate of drug-likeness (QED) is 0.510. The van der Waals surface area contributed by atoms with Gasteiger partial charge < -0.3 is 5.11 Å². The predicted molar refractivity (Wildman–Crippen MR) is 127 cm³/mol. The van der Waals surface area contributed by atoms with Gasteiger partial charge in [-0.2, -0.15) is 0 Å². The molecule has 3 fully saturated rings. The second-order valence-electron chi connectivity index (χ2n) is 13.3. The van der Waals surface area contributed by atoms with E-state index in [1.807, 2.05) is 0 Å². The standard InChI is InChI=1S/C29H40O4/c1-16-13-21(30)17(14-24(32)33)18-15-29(6)20-7-8-22-26(2,3)23(31)10-11-27(22,4)19(20)9-12-28(29,5)25(16)18/h7,16,19,22,25H,8-15H2,1-6H3,(H,32,33)/t16-,19-,22+,25+,27-,28-,29+/m1/s1. The summed E-state index contributed by atoms with van der Waals surface area (Å²) in [4.78, 5) is 37.4. The van der Waals surface area contributed by atoms with Gasteiger partial charge in [-0.25, -0.2) is 0 Å². The average molecular weight is 453 g/mol. The van der Waals surface area contributed by atoms with Crippen LogP contribution in [0.5, 0.6) is 0 Å². The first-order chi connectivity index (χ1) is 15.3. The Morgan fingerprint density at radius 1 is 1.12 bits per heavy atom. The fourth-order valence-corrected chi connectivity index (χ4v) is 9.79. The summed E-state index contributed by atoms with van der Waals surface area (Å²) in [7, 11) is 0. The molecule has 3 saturated carbocycles. The molecule has 0 radical (unpaired) electrons. The summed E-state index contributed by atoms with van der Waals surface area (Å²) in [5, 5.41) is 9.55. The van der Waals surface area contributed by atoms with Crippen LogP contribution in [0.2, 0.25) is 0 Å². The molecule has 33 heavy (non-hydrogen) atoms. The van der Waals surface area contributed by atoms with Gasteiger partial charge in [0.2, 0.25) is 0 Å². The van der Waals surface area contributed by atoms with E-state index in [4.69, 9.17) is 0 Å². The second kappa shape index (κ2) is 6.92. The predicted octanol–water partition coefficient (Wildman–Crippen LogP) is 6.15. The Morgan fingerprint density at radius 2 is 1.82 bits per heavy atom. The maximum atomic E-state index is 13.0. The summed E-state index contributed by atoms with van der Waals surface area (Å²) in [6.45, 7) is 13.8. The maximum absolute atomic E-state index is 13.0. The number of Topliss-reactive ketones (excluding diaryl/α,β-unsaturated/α-hetero) is 2. The van der Waals surface area contributed by atoms with Crippen LogP contribution in [0, 0.1) is 45.3 Å². The second-order valence-corrected chi connectivity index (χ2v) is 13.3. The number of fused-ring (bicyclic) bond motifs is 7. The molecule has 7 atom stereocenters. The van der Waals surface area contributed by atoms with Gasteiger partial charge in [-0.15, -0.1) is 0 Å². The van der Waals surface area contributed by atoms with E-state index in [0.29, 0.717) is 36.0 Å². The number of carboxylic acids is 1. The van der Waals surface area contributed by atoms with Crippen LogP contribution >= 0.6 is 0 Å². The summed E-state index contributed by atoms with van der Waals surface area (Å²) >= 11 is 0. The first-order valence-corrected chi connectivity index (χ1v) is 13.0. The molecule has 0 amide bonds. The number of allylic oxidation sites excluding steroid dienone is 3. The Kier molecular flexibility index (Phi) is 4.83. The number of aliphatic carboxylic acids is 1. The van der Waals surface area contributed by atoms with Crippen LogP contribution in [-0.2, 0) is 14.4 Å². The van der Waals surface area contributed by atoms with Crippen LogP contribution in [-0.4, -0.2) is 22.6 Å². The third-order valence-electron chi connectivity index (χ3n) is 11.6. The third kappa shape index (κ3) is 2.79. The van der Waals surface area contributed by atoms with Gasteiger partial charge >= 0.3 is 5.97 Å². The molecule has 0 aromatic rings. The third-order valence-corrected chi connectivity index (χ3v) is 11.6. The van der Waals surface area contributed by atoms with Gasteiger partial charge in [0.15, 0.2) is 5.78 Å². The molecule has 0 unspecified atom stereocenters. The Labute approximate surface area is 198 Å². The molecule has 4 nitrogen and oxygen atoms in total. The van der Waals surface area contributed by atoms with E-state index in [1.54, 1.807) is 5.57 Å². The molecular weight excluding hydrogens is 412 g/mol. The van der Waals surface area contributed by atoms with Crippen molar-refractivity contribution in [3.8, 4) is 0 Å². The van der Waals surface area contributed by atoms with Gasteiger partial charge in [-0.1, -0.05) is 58.8 Å². The zero-order chi connectivity index (χ0) is 24.1. The molecule has 0 saturated heterocycles. The van der Waals surface area contributed by atoms with Crippen molar-refractivity contribution in [3.05, 3.63) is 22.8 Å². The molecule has 1 N–H and O–H groups in total. The fraction of sp³-hybridized carbons (Fsp3) is 0.759. The summed E-state index contributed by atoms with van der Waals surface area (Å²) in [6.07, 6.45) is 8.48. The normalized spacial score (nSPS) is 46.2. The van der Waals surface area contributed by atoms with Gasteiger partial charge in [-0.3, -0.25) is 14.4 Å². The van der Waals surface area contributed by atoms with Crippen molar-refractivity contribution in [1.82, 2.24) is 0 Å². The van der Waals surface area contributed by atoms with Gasteiger partial charge in [0.1, 0.15) is 5.78 Å². The summed E-state index contributed by atoms with van der Waals surface area (Å²) < 4.78 is 0. The van der Waals surface area contributed by atoms with Gasteiger partial charge in [0, 0.05) is 23.8 Å². The average Bonchev–Trinajstić information content (AvgIpc) is 2.96. The molecule has 0 spiro atoms. The molecule has 5 aliphatic rings. The molecule has 0 bridgehead atoms. The Morgan fingerprint density at radius 3 is 2.48 bits per heavy atom. The van der Waals surface area contributed by atoms with E-state index in [9.17, 15) is 19.5 Å². The van der Waals surface area contributed by atoms with Crippen molar-refractivity contribution in [3.63, 3.8) is 0 Å².